The number of ether oxygens (including phenoxy) is 2. The predicted octanol–water partition coefficient (Wildman–Crippen LogP) is 2.83. The Hall–Kier alpha value is -3.79. The number of hydrogen-bond acceptors (Lipinski definition) is 7. The number of nitrogens with zero attached hydrogens (tertiary/aromatic N) is 3. The number of fused-ring (bicyclic) bond motifs is 1. The second kappa shape index (κ2) is 8.92. The first kappa shape index (κ1) is 20.5. The molecule has 0 aliphatic carbocycles. The molecule has 2 N–H and O–H groups in total. The molecule has 31 heavy (non-hydrogen) atoms. The summed E-state index contributed by atoms with van der Waals surface area (Å²) in [7, 11) is 3.11. The number of methoxy groups -OCH3 is 2. The summed E-state index contributed by atoms with van der Waals surface area (Å²) in [5.41, 5.74) is 1.97. The zero-order valence-electron chi connectivity index (χ0n) is 16.8. The Morgan fingerprint density at radius 1 is 1.10 bits per heavy atom. The number of nitrogens with one attached hydrogen (secondary N) is 2. The number of hydrogen-bond donors (Lipinski definition) is 2. The summed E-state index contributed by atoms with van der Waals surface area (Å²) in [6.07, 6.45) is 0. The average Bonchev–Trinajstić information content (AvgIpc) is 3.25. The van der Waals surface area contributed by atoms with E-state index >= 15 is 0 Å². The molecule has 0 saturated carbocycles. The third kappa shape index (κ3) is 4.38. The molecule has 0 aliphatic rings. The summed E-state index contributed by atoms with van der Waals surface area (Å²) in [6, 6.07) is 16.2. The van der Waals surface area contributed by atoms with Crippen molar-refractivity contribution in [2.45, 2.75) is 5.16 Å². The molecule has 0 spiro atoms. The van der Waals surface area contributed by atoms with Gasteiger partial charge in [-0.2, -0.15) is 5.10 Å². The summed E-state index contributed by atoms with van der Waals surface area (Å²) in [5, 5.41) is 14.2. The molecule has 0 atom stereocenters. The van der Waals surface area contributed by atoms with Crippen molar-refractivity contribution in [2.24, 2.45) is 0 Å². The van der Waals surface area contributed by atoms with E-state index in [1.165, 1.54) is 16.3 Å². The summed E-state index contributed by atoms with van der Waals surface area (Å²) in [5.74, 6) is 1.06. The second-order valence-corrected chi connectivity index (χ2v) is 7.38. The third-order valence-corrected chi connectivity index (χ3v) is 5.37. The van der Waals surface area contributed by atoms with Crippen LogP contribution in [0, 0.1) is 0 Å². The van der Waals surface area contributed by atoms with E-state index < -0.39 is 0 Å². The van der Waals surface area contributed by atoms with Gasteiger partial charge < -0.3 is 14.8 Å². The van der Waals surface area contributed by atoms with Crippen LogP contribution in [-0.4, -0.2) is 45.7 Å². The summed E-state index contributed by atoms with van der Waals surface area (Å²) >= 11 is 1.17. The maximum absolute atomic E-state index is 12.3. The van der Waals surface area contributed by atoms with Crippen LogP contribution < -0.4 is 20.3 Å². The largest absolute Gasteiger partial charge is 0.493 e. The molecule has 4 aromatic rings. The van der Waals surface area contributed by atoms with Crippen molar-refractivity contribution < 1.29 is 14.3 Å². The van der Waals surface area contributed by atoms with E-state index in [1.807, 2.05) is 36.4 Å². The van der Waals surface area contributed by atoms with Gasteiger partial charge in [0.2, 0.25) is 11.1 Å². The molecule has 0 bridgehead atoms. The van der Waals surface area contributed by atoms with Crippen LogP contribution in [0.25, 0.3) is 16.8 Å². The Morgan fingerprint density at radius 3 is 2.61 bits per heavy atom. The maximum atomic E-state index is 12.3. The van der Waals surface area contributed by atoms with Crippen LogP contribution in [0.5, 0.6) is 11.5 Å². The van der Waals surface area contributed by atoms with Crippen molar-refractivity contribution >= 4 is 28.9 Å². The van der Waals surface area contributed by atoms with E-state index in [-0.39, 0.29) is 17.2 Å². The van der Waals surface area contributed by atoms with Crippen LogP contribution in [0.4, 0.5) is 5.69 Å². The molecule has 2 aromatic heterocycles. The van der Waals surface area contributed by atoms with Crippen LogP contribution in [0.15, 0.2) is 64.5 Å². The van der Waals surface area contributed by atoms with E-state index in [9.17, 15) is 9.59 Å². The molecule has 4 rings (SSSR count). The van der Waals surface area contributed by atoms with Crippen molar-refractivity contribution in [3.05, 3.63) is 65.0 Å². The zero-order valence-corrected chi connectivity index (χ0v) is 17.6. The molecular weight excluding hydrogens is 418 g/mol. The fourth-order valence-corrected chi connectivity index (χ4v) is 3.67. The lowest BCUT2D eigenvalue weighted by molar-refractivity contribution is -0.113. The molecule has 0 fully saturated rings. The summed E-state index contributed by atoms with van der Waals surface area (Å²) < 4.78 is 12.0. The van der Waals surface area contributed by atoms with Gasteiger partial charge >= 0.3 is 0 Å². The van der Waals surface area contributed by atoms with Gasteiger partial charge in [0, 0.05) is 11.3 Å². The highest BCUT2D eigenvalue weighted by Crippen LogP contribution is 2.32. The van der Waals surface area contributed by atoms with Crippen LogP contribution >= 0.6 is 11.8 Å². The zero-order chi connectivity index (χ0) is 21.8. The molecule has 2 heterocycles. The number of benzene rings is 2. The van der Waals surface area contributed by atoms with E-state index in [0.717, 1.165) is 5.56 Å². The number of anilines is 1. The minimum atomic E-state index is -0.377. The molecule has 158 valence electrons. The number of carbonyl (C=O) groups is 1. The van der Waals surface area contributed by atoms with Crippen LogP contribution in [0.2, 0.25) is 0 Å². The van der Waals surface area contributed by atoms with Crippen molar-refractivity contribution in [3.8, 4) is 22.8 Å². The molecule has 1 amide bonds. The van der Waals surface area contributed by atoms with Gasteiger partial charge in [-0.15, -0.1) is 5.10 Å². The number of para-hydroxylation sites is 1. The minimum Gasteiger partial charge on any atom is -0.493 e. The van der Waals surface area contributed by atoms with E-state index in [2.05, 4.69) is 20.6 Å². The van der Waals surface area contributed by atoms with Crippen molar-refractivity contribution in [3.63, 3.8) is 0 Å². The summed E-state index contributed by atoms with van der Waals surface area (Å²) in [6.45, 7) is 0. The number of H-pyrrole nitrogens is 1. The van der Waals surface area contributed by atoms with Gasteiger partial charge in [-0.25, -0.2) is 9.61 Å². The van der Waals surface area contributed by atoms with E-state index in [4.69, 9.17) is 9.47 Å². The van der Waals surface area contributed by atoms with Gasteiger partial charge in [0.25, 0.3) is 5.56 Å². The van der Waals surface area contributed by atoms with Crippen molar-refractivity contribution in [1.29, 1.82) is 0 Å². The monoisotopic (exact) mass is 437 g/mol. The van der Waals surface area contributed by atoms with Crippen LogP contribution in [0.3, 0.4) is 0 Å². The topological polar surface area (TPSA) is 111 Å². The smallest absolute Gasteiger partial charge is 0.290 e. The lowest BCUT2D eigenvalue weighted by Crippen LogP contribution is -2.17. The van der Waals surface area contributed by atoms with Gasteiger partial charge in [-0.05, 0) is 36.4 Å². The normalized spacial score (nSPS) is 10.8. The first-order valence-electron chi connectivity index (χ1n) is 9.27. The van der Waals surface area contributed by atoms with Gasteiger partial charge in [-0.1, -0.05) is 30.0 Å². The Kier molecular flexibility index (Phi) is 5.89. The number of rotatable bonds is 7. The molecule has 10 heteroatoms. The highest BCUT2D eigenvalue weighted by atomic mass is 32.2. The number of carbonyl (C=O) groups excluding carboxylic acids is 1. The molecule has 0 unspecified atom stereocenters. The predicted molar refractivity (Wildman–Crippen MR) is 118 cm³/mol. The Bertz CT molecular complexity index is 1290. The quantitative estimate of drug-likeness (QED) is 0.428. The van der Waals surface area contributed by atoms with Gasteiger partial charge in [0.15, 0.2) is 11.5 Å². The molecule has 2 aromatic carbocycles. The SMILES string of the molecule is COc1ccc(-c2cc3c(=O)[nH]nc(SCC(=O)Nc4ccccc4)n3n2)cc1OC. The maximum Gasteiger partial charge on any atom is 0.290 e. The van der Waals surface area contributed by atoms with Crippen molar-refractivity contribution in [2.75, 3.05) is 25.3 Å². The van der Waals surface area contributed by atoms with Gasteiger partial charge in [-0.3, -0.25) is 9.59 Å². The third-order valence-electron chi connectivity index (χ3n) is 4.45. The lowest BCUT2D eigenvalue weighted by Gasteiger charge is -2.08. The van der Waals surface area contributed by atoms with Gasteiger partial charge in [0.1, 0.15) is 5.52 Å². The number of aromatic nitrogens is 4. The fourth-order valence-electron chi connectivity index (χ4n) is 2.97. The fraction of sp³-hybridized carbons (Fsp3) is 0.143. The Balaban J connectivity index is 1.60. The first-order chi connectivity index (χ1) is 15.1. The molecule has 0 saturated heterocycles. The standard InChI is InChI=1S/C21H19N5O4S/c1-29-17-9-8-13(10-18(17)30-2)15-11-16-20(28)23-24-21(26(16)25-15)31-12-19(27)22-14-6-4-3-5-7-14/h3-11H,12H2,1-2H3,(H,22,27)(H,23,28). The average molecular weight is 437 g/mol. The highest BCUT2D eigenvalue weighted by Gasteiger charge is 2.15. The molecule has 0 aliphatic heterocycles. The highest BCUT2D eigenvalue weighted by molar-refractivity contribution is 7.99. The number of thioether (sulfide) groups is 1. The van der Waals surface area contributed by atoms with Crippen molar-refractivity contribution in [1.82, 2.24) is 19.8 Å². The Morgan fingerprint density at radius 2 is 1.87 bits per heavy atom. The van der Waals surface area contributed by atoms with Crippen LogP contribution in [-0.2, 0) is 4.79 Å². The number of aromatic amines is 1. The molecular formula is C21H19N5O4S. The summed E-state index contributed by atoms with van der Waals surface area (Å²) in [4.78, 5) is 24.5. The second-order valence-electron chi connectivity index (χ2n) is 6.43. The van der Waals surface area contributed by atoms with E-state index in [1.54, 1.807) is 32.4 Å². The molecule has 9 nitrogen and oxygen atoms in total. The Labute approximate surface area is 181 Å². The number of amides is 1. The lowest BCUT2D eigenvalue weighted by atomic mass is 10.1. The molecule has 0 radical (unpaired) electrons. The van der Waals surface area contributed by atoms with E-state index in [0.29, 0.717) is 33.6 Å². The van der Waals surface area contributed by atoms with Crippen LogP contribution in [0.1, 0.15) is 0 Å². The van der Waals surface area contributed by atoms with Gasteiger partial charge in [0.05, 0.1) is 25.7 Å². The first-order valence-corrected chi connectivity index (χ1v) is 10.3. The minimum absolute atomic E-state index is 0.106.